The van der Waals surface area contributed by atoms with E-state index in [4.69, 9.17) is 0 Å². The Morgan fingerprint density at radius 1 is 1.62 bits per heavy atom. The molecule has 1 saturated heterocycles. The third-order valence-electron chi connectivity index (χ3n) is 2.03. The average Bonchev–Trinajstić information content (AvgIpc) is 2.01. The molecule has 6 heteroatoms. The maximum absolute atomic E-state index is 10.9. The molecule has 0 aromatic heterocycles. The van der Waals surface area contributed by atoms with Gasteiger partial charge in [-0.25, -0.2) is 8.42 Å². The van der Waals surface area contributed by atoms with Crippen molar-refractivity contribution in [2.75, 3.05) is 38.2 Å². The van der Waals surface area contributed by atoms with Crippen LogP contribution in [0.25, 0.3) is 0 Å². The normalized spacial score (nSPS) is 26.2. The van der Waals surface area contributed by atoms with E-state index in [1.807, 2.05) is 0 Å². The zero-order chi connectivity index (χ0) is 9.90. The highest BCUT2D eigenvalue weighted by Crippen LogP contribution is 2.09. The van der Waals surface area contributed by atoms with Crippen molar-refractivity contribution in [2.24, 2.45) is 0 Å². The number of alkyl halides is 1. The molecule has 0 spiro atoms. The molecule has 78 valence electrons. The number of nitrogens with zero attached hydrogens (tertiary/aromatic N) is 1. The molecule has 0 amide bonds. The quantitative estimate of drug-likeness (QED) is 0.441. The molecule has 1 aliphatic rings. The van der Waals surface area contributed by atoms with Crippen LogP contribution >= 0.6 is 22.6 Å². The largest absolute Gasteiger partial charge is 0.313 e. The van der Waals surface area contributed by atoms with E-state index in [1.165, 1.54) is 6.26 Å². The van der Waals surface area contributed by atoms with Gasteiger partial charge in [0.05, 0.1) is 9.80 Å². The summed E-state index contributed by atoms with van der Waals surface area (Å²) in [5.74, 6) is 0.270. The van der Waals surface area contributed by atoms with Crippen molar-refractivity contribution in [3.63, 3.8) is 0 Å². The fourth-order valence-electron chi connectivity index (χ4n) is 1.25. The Kier molecular flexibility index (Phi) is 4.40. The van der Waals surface area contributed by atoms with Crippen LogP contribution < -0.4 is 5.32 Å². The molecule has 0 aliphatic carbocycles. The van der Waals surface area contributed by atoms with Crippen LogP contribution in [-0.2, 0) is 9.84 Å². The summed E-state index contributed by atoms with van der Waals surface area (Å²) in [6, 6.07) is 0. The van der Waals surface area contributed by atoms with Crippen molar-refractivity contribution in [3.05, 3.63) is 0 Å². The number of nitrogens with one attached hydrogen (secondary N) is 1. The molecule has 13 heavy (non-hydrogen) atoms. The second-order valence-electron chi connectivity index (χ2n) is 3.30. The van der Waals surface area contributed by atoms with Gasteiger partial charge in [0, 0.05) is 32.4 Å². The molecule has 1 heterocycles. The van der Waals surface area contributed by atoms with Crippen LogP contribution in [0, 0.1) is 0 Å². The van der Waals surface area contributed by atoms with Crippen LogP contribution in [-0.4, -0.2) is 55.6 Å². The molecule has 0 aromatic rings. The summed E-state index contributed by atoms with van der Waals surface area (Å²) in [6.07, 6.45) is 1.29. The third-order valence-corrected chi connectivity index (χ3v) is 4.19. The molecule has 0 saturated carbocycles. The van der Waals surface area contributed by atoms with E-state index in [-0.39, 0.29) is 5.75 Å². The van der Waals surface area contributed by atoms with Crippen molar-refractivity contribution in [3.8, 4) is 0 Å². The molecule has 1 N–H and O–H groups in total. The molecule has 1 fully saturated rings. The molecule has 1 aliphatic heterocycles. The minimum absolute atomic E-state index is 0.270. The van der Waals surface area contributed by atoms with Crippen LogP contribution in [0.1, 0.15) is 0 Å². The predicted octanol–water partition coefficient (Wildman–Crippen LogP) is -0.303. The van der Waals surface area contributed by atoms with Crippen LogP contribution in [0.2, 0.25) is 0 Å². The average molecular weight is 318 g/mol. The second-order valence-corrected chi connectivity index (χ2v) is 7.00. The number of piperazine rings is 1. The fourth-order valence-corrected chi connectivity index (χ4v) is 2.68. The van der Waals surface area contributed by atoms with E-state index in [2.05, 4.69) is 32.8 Å². The smallest absolute Gasteiger partial charge is 0.148 e. The molecule has 1 unspecified atom stereocenters. The van der Waals surface area contributed by atoms with Gasteiger partial charge < -0.3 is 5.32 Å². The summed E-state index contributed by atoms with van der Waals surface area (Å²) in [7, 11) is -2.81. The van der Waals surface area contributed by atoms with E-state index in [1.54, 1.807) is 0 Å². The summed E-state index contributed by atoms with van der Waals surface area (Å²) >= 11 is 2.34. The lowest BCUT2D eigenvalue weighted by molar-refractivity contribution is 0.241. The van der Waals surface area contributed by atoms with Crippen molar-refractivity contribution < 1.29 is 8.42 Å². The maximum atomic E-state index is 10.9. The Balaban J connectivity index is 2.35. The van der Waals surface area contributed by atoms with Crippen LogP contribution in [0.5, 0.6) is 0 Å². The van der Waals surface area contributed by atoms with Crippen LogP contribution in [0.4, 0.5) is 0 Å². The molecule has 4 nitrogen and oxygen atoms in total. The molecule has 0 radical (unpaired) electrons. The van der Waals surface area contributed by atoms with E-state index in [9.17, 15) is 8.42 Å². The van der Waals surface area contributed by atoms with E-state index >= 15 is 0 Å². The SMILES string of the molecule is CS(=O)(=O)CCN1CCNCC1I. The standard InChI is InChI=1S/C7H15IN2O2S/c1-13(11,12)5-4-10-3-2-9-6-7(10)8/h7,9H,2-6H2,1H3. The molecular weight excluding hydrogens is 303 g/mol. The lowest BCUT2D eigenvalue weighted by atomic mass is 10.4. The highest BCUT2D eigenvalue weighted by atomic mass is 127. The summed E-state index contributed by atoms with van der Waals surface area (Å²) < 4.78 is 22.3. The van der Waals surface area contributed by atoms with E-state index in [0.29, 0.717) is 10.6 Å². The zero-order valence-corrected chi connectivity index (χ0v) is 10.6. The minimum Gasteiger partial charge on any atom is -0.313 e. The van der Waals surface area contributed by atoms with Crippen LogP contribution in [0.15, 0.2) is 0 Å². The Labute approximate surface area is 93.1 Å². The van der Waals surface area contributed by atoms with Gasteiger partial charge >= 0.3 is 0 Å². The van der Waals surface area contributed by atoms with Gasteiger partial charge in [-0.2, -0.15) is 0 Å². The van der Waals surface area contributed by atoms with Gasteiger partial charge in [-0.1, -0.05) is 22.6 Å². The van der Waals surface area contributed by atoms with Gasteiger partial charge in [-0.3, -0.25) is 4.90 Å². The first-order valence-electron chi connectivity index (χ1n) is 4.25. The van der Waals surface area contributed by atoms with Gasteiger partial charge in [0.2, 0.25) is 0 Å². The first kappa shape index (κ1) is 11.7. The maximum Gasteiger partial charge on any atom is 0.148 e. The van der Waals surface area contributed by atoms with Gasteiger partial charge in [-0.15, -0.1) is 0 Å². The van der Waals surface area contributed by atoms with Crippen molar-refractivity contribution >= 4 is 32.4 Å². The summed E-state index contributed by atoms with van der Waals surface area (Å²) in [5.41, 5.74) is 0. The Bertz CT molecular complexity index is 255. The number of sulfone groups is 1. The fraction of sp³-hybridized carbons (Fsp3) is 1.00. The van der Waals surface area contributed by atoms with Gasteiger partial charge in [0.1, 0.15) is 9.84 Å². The number of hydrogen-bond acceptors (Lipinski definition) is 4. The molecule has 1 atom stereocenters. The molecular formula is C7H15IN2O2S. The van der Waals surface area contributed by atoms with Crippen molar-refractivity contribution in [1.82, 2.24) is 10.2 Å². The summed E-state index contributed by atoms with van der Waals surface area (Å²) in [4.78, 5) is 2.21. The minimum atomic E-state index is -2.81. The molecule has 1 rings (SSSR count). The molecule has 0 bridgehead atoms. The van der Waals surface area contributed by atoms with Crippen molar-refractivity contribution in [1.29, 1.82) is 0 Å². The highest BCUT2D eigenvalue weighted by molar-refractivity contribution is 14.1. The third kappa shape index (κ3) is 4.57. The Morgan fingerprint density at radius 3 is 2.85 bits per heavy atom. The highest BCUT2D eigenvalue weighted by Gasteiger charge is 2.19. The lowest BCUT2D eigenvalue weighted by Crippen LogP contribution is -2.49. The number of hydrogen-bond donors (Lipinski definition) is 1. The number of rotatable bonds is 3. The molecule has 0 aromatic carbocycles. The predicted molar refractivity (Wildman–Crippen MR) is 62.0 cm³/mol. The van der Waals surface area contributed by atoms with E-state index < -0.39 is 9.84 Å². The summed E-state index contributed by atoms with van der Waals surface area (Å²) in [5, 5.41) is 3.26. The monoisotopic (exact) mass is 318 g/mol. The second kappa shape index (κ2) is 4.90. The Morgan fingerprint density at radius 2 is 2.31 bits per heavy atom. The van der Waals surface area contributed by atoms with Gasteiger partial charge in [0.15, 0.2) is 0 Å². The summed E-state index contributed by atoms with van der Waals surface area (Å²) in [6.45, 7) is 3.52. The van der Waals surface area contributed by atoms with Crippen molar-refractivity contribution in [2.45, 2.75) is 4.05 Å². The Hall–Kier alpha value is 0.600. The van der Waals surface area contributed by atoms with Gasteiger partial charge in [0.25, 0.3) is 0 Å². The van der Waals surface area contributed by atoms with Gasteiger partial charge in [-0.05, 0) is 0 Å². The first-order valence-corrected chi connectivity index (χ1v) is 7.56. The van der Waals surface area contributed by atoms with Crippen LogP contribution in [0.3, 0.4) is 0 Å². The lowest BCUT2D eigenvalue weighted by Gasteiger charge is -2.32. The van der Waals surface area contributed by atoms with E-state index in [0.717, 1.165) is 19.6 Å². The number of halogens is 1. The zero-order valence-electron chi connectivity index (χ0n) is 7.66. The topological polar surface area (TPSA) is 49.4 Å². The first-order chi connectivity index (χ1) is 5.99.